The molecule has 1 heterocycles. The van der Waals surface area contributed by atoms with E-state index in [4.69, 9.17) is 5.73 Å². The monoisotopic (exact) mass is 181 g/mol. The molecule has 5 nitrogen and oxygen atoms in total. The second kappa shape index (κ2) is 5.18. The standard InChI is InChI=1S/C8H15N5/c1-2-10-8(9)13-4-3-7-11-5-6-12-7/h5-6H,2-4H2,1H3,(H,11,12)(H3,9,10,13). The minimum absolute atomic E-state index is 0.494. The van der Waals surface area contributed by atoms with Crippen molar-refractivity contribution in [3.8, 4) is 0 Å². The third kappa shape index (κ3) is 3.59. The summed E-state index contributed by atoms with van der Waals surface area (Å²) in [5.41, 5.74) is 5.53. The smallest absolute Gasteiger partial charge is 0.188 e. The number of rotatable bonds is 4. The minimum atomic E-state index is 0.494. The largest absolute Gasteiger partial charge is 0.370 e. The Morgan fingerprint density at radius 3 is 3.23 bits per heavy atom. The van der Waals surface area contributed by atoms with Gasteiger partial charge in [-0.05, 0) is 6.92 Å². The van der Waals surface area contributed by atoms with E-state index in [-0.39, 0.29) is 0 Å². The molecular formula is C8H15N5. The van der Waals surface area contributed by atoms with Crippen LogP contribution in [0.5, 0.6) is 0 Å². The SMILES string of the molecule is CCNC(N)=NCCc1ncc[nH]1. The fourth-order valence-electron chi connectivity index (χ4n) is 0.954. The summed E-state index contributed by atoms with van der Waals surface area (Å²) in [6.07, 6.45) is 4.32. The summed E-state index contributed by atoms with van der Waals surface area (Å²) in [5.74, 6) is 1.43. The summed E-state index contributed by atoms with van der Waals surface area (Å²) in [7, 11) is 0. The number of aromatic nitrogens is 2. The lowest BCUT2D eigenvalue weighted by Crippen LogP contribution is -2.31. The van der Waals surface area contributed by atoms with Gasteiger partial charge < -0.3 is 16.0 Å². The third-order valence-corrected chi connectivity index (χ3v) is 1.54. The van der Waals surface area contributed by atoms with Crippen LogP contribution in [0.25, 0.3) is 0 Å². The lowest BCUT2D eigenvalue weighted by molar-refractivity contribution is 0.870. The Labute approximate surface area is 77.5 Å². The van der Waals surface area contributed by atoms with E-state index in [9.17, 15) is 0 Å². The van der Waals surface area contributed by atoms with E-state index in [1.807, 2.05) is 6.92 Å². The van der Waals surface area contributed by atoms with Crippen molar-refractivity contribution < 1.29 is 0 Å². The predicted molar refractivity (Wildman–Crippen MR) is 52.5 cm³/mol. The van der Waals surface area contributed by atoms with Crippen LogP contribution in [0.3, 0.4) is 0 Å². The molecule has 0 aliphatic carbocycles. The van der Waals surface area contributed by atoms with Gasteiger partial charge in [0.2, 0.25) is 0 Å². The molecule has 0 aromatic carbocycles. The Bertz CT molecular complexity index is 252. The molecule has 0 amide bonds. The van der Waals surface area contributed by atoms with Crippen LogP contribution < -0.4 is 11.1 Å². The summed E-state index contributed by atoms with van der Waals surface area (Å²) in [4.78, 5) is 11.2. The van der Waals surface area contributed by atoms with Crippen molar-refractivity contribution in [2.45, 2.75) is 13.3 Å². The first kappa shape index (κ1) is 9.57. The number of nitrogens with one attached hydrogen (secondary N) is 2. The first-order valence-electron chi connectivity index (χ1n) is 4.35. The van der Waals surface area contributed by atoms with Gasteiger partial charge >= 0.3 is 0 Å². The fraction of sp³-hybridized carbons (Fsp3) is 0.500. The molecule has 1 aromatic rings. The summed E-state index contributed by atoms with van der Waals surface area (Å²) in [6.45, 7) is 3.44. The second-order valence-corrected chi connectivity index (χ2v) is 2.58. The maximum atomic E-state index is 5.53. The van der Waals surface area contributed by atoms with E-state index in [0.717, 1.165) is 18.8 Å². The van der Waals surface area contributed by atoms with Gasteiger partial charge in [-0.2, -0.15) is 0 Å². The molecule has 0 aliphatic rings. The van der Waals surface area contributed by atoms with E-state index >= 15 is 0 Å². The molecule has 5 heteroatoms. The van der Waals surface area contributed by atoms with Gasteiger partial charge in [-0.3, -0.25) is 4.99 Å². The molecule has 1 aromatic heterocycles. The van der Waals surface area contributed by atoms with Gasteiger partial charge in [-0.25, -0.2) is 4.98 Å². The van der Waals surface area contributed by atoms with Crippen LogP contribution in [-0.4, -0.2) is 29.0 Å². The number of guanidine groups is 1. The highest BCUT2D eigenvalue weighted by atomic mass is 15.1. The zero-order chi connectivity index (χ0) is 9.52. The van der Waals surface area contributed by atoms with Gasteiger partial charge in [0.05, 0.1) is 0 Å². The molecule has 0 saturated heterocycles. The van der Waals surface area contributed by atoms with Crippen molar-refractivity contribution in [2.24, 2.45) is 10.7 Å². The van der Waals surface area contributed by atoms with Gasteiger partial charge in [0, 0.05) is 31.9 Å². The summed E-state index contributed by atoms with van der Waals surface area (Å²) < 4.78 is 0. The topological polar surface area (TPSA) is 79.1 Å². The predicted octanol–water partition coefficient (Wildman–Crippen LogP) is -0.124. The zero-order valence-electron chi connectivity index (χ0n) is 7.75. The lowest BCUT2D eigenvalue weighted by Gasteiger charge is -2.00. The van der Waals surface area contributed by atoms with Gasteiger partial charge in [0.25, 0.3) is 0 Å². The number of nitrogens with zero attached hydrogens (tertiary/aromatic N) is 2. The molecule has 1 rings (SSSR count). The Kier molecular flexibility index (Phi) is 3.81. The van der Waals surface area contributed by atoms with Gasteiger partial charge in [0.1, 0.15) is 5.82 Å². The number of H-pyrrole nitrogens is 1. The summed E-state index contributed by atoms with van der Waals surface area (Å²) in [6, 6.07) is 0. The Morgan fingerprint density at radius 2 is 2.62 bits per heavy atom. The van der Waals surface area contributed by atoms with E-state index < -0.39 is 0 Å². The van der Waals surface area contributed by atoms with Crippen molar-refractivity contribution >= 4 is 5.96 Å². The van der Waals surface area contributed by atoms with E-state index in [0.29, 0.717) is 12.5 Å². The molecular weight excluding hydrogens is 166 g/mol. The molecule has 72 valence electrons. The number of aliphatic imine (C=N–C) groups is 1. The first-order valence-corrected chi connectivity index (χ1v) is 4.35. The molecule has 0 radical (unpaired) electrons. The number of aromatic amines is 1. The number of nitrogens with two attached hydrogens (primary N) is 1. The van der Waals surface area contributed by atoms with Gasteiger partial charge in [-0.1, -0.05) is 0 Å². The van der Waals surface area contributed by atoms with Gasteiger partial charge in [-0.15, -0.1) is 0 Å². The number of imidazole rings is 1. The number of hydrogen-bond acceptors (Lipinski definition) is 2. The first-order chi connectivity index (χ1) is 6.33. The van der Waals surface area contributed by atoms with E-state index in [1.54, 1.807) is 12.4 Å². The Balaban J connectivity index is 2.24. The van der Waals surface area contributed by atoms with Crippen LogP contribution >= 0.6 is 0 Å². The van der Waals surface area contributed by atoms with E-state index in [1.165, 1.54) is 0 Å². The van der Waals surface area contributed by atoms with Gasteiger partial charge in [0.15, 0.2) is 5.96 Å². The van der Waals surface area contributed by atoms with Crippen LogP contribution in [0.4, 0.5) is 0 Å². The summed E-state index contributed by atoms with van der Waals surface area (Å²) >= 11 is 0. The van der Waals surface area contributed by atoms with Crippen LogP contribution in [0, 0.1) is 0 Å². The quantitative estimate of drug-likeness (QED) is 0.447. The molecule has 0 fully saturated rings. The highest BCUT2D eigenvalue weighted by molar-refractivity contribution is 5.77. The maximum Gasteiger partial charge on any atom is 0.188 e. The molecule has 0 bridgehead atoms. The normalized spacial score (nSPS) is 11.6. The van der Waals surface area contributed by atoms with Crippen LogP contribution in [0.2, 0.25) is 0 Å². The molecule has 0 spiro atoms. The van der Waals surface area contributed by atoms with Crippen LogP contribution in [-0.2, 0) is 6.42 Å². The lowest BCUT2D eigenvalue weighted by atomic mass is 10.4. The molecule has 0 atom stereocenters. The summed E-state index contributed by atoms with van der Waals surface area (Å²) in [5, 5.41) is 2.92. The third-order valence-electron chi connectivity index (χ3n) is 1.54. The highest BCUT2D eigenvalue weighted by Gasteiger charge is 1.93. The zero-order valence-corrected chi connectivity index (χ0v) is 7.75. The Hall–Kier alpha value is -1.52. The number of hydrogen-bond donors (Lipinski definition) is 3. The van der Waals surface area contributed by atoms with Crippen molar-refractivity contribution in [3.05, 3.63) is 18.2 Å². The highest BCUT2D eigenvalue weighted by Crippen LogP contribution is 1.89. The molecule has 13 heavy (non-hydrogen) atoms. The molecule has 4 N–H and O–H groups in total. The fourth-order valence-corrected chi connectivity index (χ4v) is 0.954. The van der Waals surface area contributed by atoms with E-state index in [2.05, 4.69) is 20.3 Å². The molecule has 0 saturated carbocycles. The van der Waals surface area contributed by atoms with Crippen LogP contribution in [0.1, 0.15) is 12.7 Å². The second-order valence-electron chi connectivity index (χ2n) is 2.58. The molecule has 0 aliphatic heterocycles. The van der Waals surface area contributed by atoms with Crippen molar-refractivity contribution in [3.63, 3.8) is 0 Å². The minimum Gasteiger partial charge on any atom is -0.370 e. The average Bonchev–Trinajstić information content (AvgIpc) is 2.57. The van der Waals surface area contributed by atoms with Crippen LogP contribution in [0.15, 0.2) is 17.4 Å². The Morgan fingerprint density at radius 1 is 1.77 bits per heavy atom. The van der Waals surface area contributed by atoms with Crippen molar-refractivity contribution in [1.82, 2.24) is 15.3 Å². The van der Waals surface area contributed by atoms with Crippen molar-refractivity contribution in [2.75, 3.05) is 13.1 Å². The maximum absolute atomic E-state index is 5.53. The van der Waals surface area contributed by atoms with Crippen molar-refractivity contribution in [1.29, 1.82) is 0 Å². The molecule has 0 unspecified atom stereocenters. The average molecular weight is 181 g/mol.